The van der Waals surface area contributed by atoms with Gasteiger partial charge in [-0.2, -0.15) is 0 Å². The van der Waals surface area contributed by atoms with Gasteiger partial charge >= 0.3 is 0 Å². The predicted octanol–water partition coefficient (Wildman–Crippen LogP) is 4.08. The van der Waals surface area contributed by atoms with Gasteiger partial charge in [-0.25, -0.2) is 4.98 Å². The van der Waals surface area contributed by atoms with Gasteiger partial charge in [-0.3, -0.25) is 0 Å². The zero-order valence-corrected chi connectivity index (χ0v) is 11.9. The van der Waals surface area contributed by atoms with Gasteiger partial charge in [0.05, 0.1) is 0 Å². The molecule has 2 rings (SSSR count). The standard InChI is InChI=1S/C11H11BrN2S2/c1-7(13)8-2-3-10(9(12)6-8)16-11-14-4-5-15-11/h2-7H,13H2,1H3/t7-/m0/s1. The second-order valence-corrected chi connectivity index (χ2v) is 6.42. The molecule has 1 heterocycles. The molecule has 1 aromatic heterocycles. The van der Waals surface area contributed by atoms with Gasteiger partial charge in [-0.05, 0) is 40.5 Å². The molecule has 0 radical (unpaired) electrons. The van der Waals surface area contributed by atoms with Crippen LogP contribution < -0.4 is 5.73 Å². The molecule has 84 valence electrons. The van der Waals surface area contributed by atoms with E-state index >= 15 is 0 Å². The highest BCUT2D eigenvalue weighted by molar-refractivity contribution is 9.10. The Morgan fingerprint density at radius 2 is 2.31 bits per heavy atom. The fourth-order valence-corrected chi connectivity index (χ4v) is 3.46. The molecule has 0 aliphatic heterocycles. The van der Waals surface area contributed by atoms with Gasteiger partial charge in [-0.15, -0.1) is 11.3 Å². The third kappa shape index (κ3) is 2.85. The zero-order valence-electron chi connectivity index (χ0n) is 8.68. The van der Waals surface area contributed by atoms with Crippen molar-refractivity contribution in [2.45, 2.75) is 22.2 Å². The van der Waals surface area contributed by atoms with Gasteiger partial charge in [0, 0.05) is 27.0 Å². The van der Waals surface area contributed by atoms with E-state index < -0.39 is 0 Å². The highest BCUT2D eigenvalue weighted by atomic mass is 79.9. The summed E-state index contributed by atoms with van der Waals surface area (Å²) in [4.78, 5) is 5.41. The molecule has 2 nitrogen and oxygen atoms in total. The maximum atomic E-state index is 5.83. The van der Waals surface area contributed by atoms with E-state index in [1.165, 1.54) is 4.90 Å². The minimum absolute atomic E-state index is 0.0650. The molecule has 2 aromatic rings. The van der Waals surface area contributed by atoms with Crippen molar-refractivity contribution < 1.29 is 0 Å². The van der Waals surface area contributed by atoms with Crippen LogP contribution in [0.5, 0.6) is 0 Å². The second-order valence-electron chi connectivity index (χ2n) is 3.38. The average molecular weight is 315 g/mol. The van der Waals surface area contributed by atoms with E-state index in [9.17, 15) is 0 Å². The van der Waals surface area contributed by atoms with Crippen LogP contribution >= 0.6 is 39.0 Å². The first-order valence-electron chi connectivity index (χ1n) is 4.79. The van der Waals surface area contributed by atoms with Gasteiger partial charge in [0.1, 0.15) is 0 Å². The number of benzene rings is 1. The van der Waals surface area contributed by atoms with Crippen LogP contribution in [0.4, 0.5) is 0 Å². The summed E-state index contributed by atoms with van der Waals surface area (Å²) in [5.41, 5.74) is 6.97. The SMILES string of the molecule is C[C@H](N)c1ccc(Sc2nccs2)c(Br)c1. The van der Waals surface area contributed by atoms with Crippen molar-refractivity contribution in [3.8, 4) is 0 Å². The molecule has 0 unspecified atom stereocenters. The summed E-state index contributed by atoms with van der Waals surface area (Å²) in [5.74, 6) is 0. The number of thiazole rings is 1. The number of nitrogens with zero attached hydrogens (tertiary/aromatic N) is 1. The molecule has 1 aromatic carbocycles. The quantitative estimate of drug-likeness (QED) is 0.928. The Morgan fingerprint density at radius 1 is 1.50 bits per heavy atom. The Balaban J connectivity index is 2.23. The predicted molar refractivity (Wildman–Crippen MR) is 73.0 cm³/mol. The van der Waals surface area contributed by atoms with E-state index in [-0.39, 0.29) is 6.04 Å². The molecule has 1 atom stereocenters. The van der Waals surface area contributed by atoms with Crippen molar-refractivity contribution in [2.24, 2.45) is 5.73 Å². The summed E-state index contributed by atoms with van der Waals surface area (Å²) < 4.78 is 2.12. The maximum Gasteiger partial charge on any atom is 0.154 e. The van der Waals surface area contributed by atoms with Crippen molar-refractivity contribution in [1.82, 2.24) is 4.98 Å². The van der Waals surface area contributed by atoms with E-state index in [1.54, 1.807) is 23.1 Å². The van der Waals surface area contributed by atoms with E-state index in [2.05, 4.69) is 39.1 Å². The van der Waals surface area contributed by atoms with Gasteiger partial charge < -0.3 is 5.73 Å². The smallest absolute Gasteiger partial charge is 0.154 e. The van der Waals surface area contributed by atoms with Crippen molar-refractivity contribution in [3.63, 3.8) is 0 Å². The van der Waals surface area contributed by atoms with Crippen LogP contribution in [0.25, 0.3) is 0 Å². The van der Waals surface area contributed by atoms with Crippen LogP contribution in [0, 0.1) is 0 Å². The molecule has 5 heteroatoms. The largest absolute Gasteiger partial charge is 0.324 e. The first-order chi connectivity index (χ1) is 7.66. The van der Waals surface area contributed by atoms with E-state index in [0.29, 0.717) is 0 Å². The highest BCUT2D eigenvalue weighted by Gasteiger charge is 2.07. The Bertz CT molecular complexity index is 469. The fraction of sp³-hybridized carbons (Fsp3) is 0.182. The lowest BCUT2D eigenvalue weighted by Gasteiger charge is -2.08. The molecular formula is C11H11BrN2S2. The molecule has 0 spiro atoms. The summed E-state index contributed by atoms with van der Waals surface area (Å²) in [6, 6.07) is 6.27. The van der Waals surface area contributed by atoms with Gasteiger partial charge in [0.15, 0.2) is 4.34 Å². The Kier molecular flexibility index (Phi) is 4.02. The molecule has 0 aliphatic rings. The van der Waals surface area contributed by atoms with Gasteiger partial charge in [0.25, 0.3) is 0 Å². The maximum absolute atomic E-state index is 5.83. The third-order valence-electron chi connectivity index (χ3n) is 2.09. The third-order valence-corrected chi connectivity index (χ3v) is 4.97. The molecular weight excluding hydrogens is 304 g/mol. The summed E-state index contributed by atoms with van der Waals surface area (Å²) in [6.07, 6.45) is 1.82. The molecule has 0 fully saturated rings. The molecule has 0 saturated heterocycles. The zero-order chi connectivity index (χ0) is 11.5. The van der Waals surface area contributed by atoms with Crippen LogP contribution in [0.2, 0.25) is 0 Å². The number of hydrogen-bond donors (Lipinski definition) is 1. The van der Waals surface area contributed by atoms with Gasteiger partial charge in [-0.1, -0.05) is 17.8 Å². The Morgan fingerprint density at radius 3 is 2.88 bits per heavy atom. The second kappa shape index (κ2) is 5.31. The van der Waals surface area contributed by atoms with E-state index in [0.717, 1.165) is 14.4 Å². The summed E-state index contributed by atoms with van der Waals surface area (Å²) in [7, 11) is 0. The topological polar surface area (TPSA) is 38.9 Å². The van der Waals surface area contributed by atoms with Crippen molar-refractivity contribution in [1.29, 1.82) is 0 Å². The molecule has 0 amide bonds. The number of aromatic nitrogens is 1. The van der Waals surface area contributed by atoms with Crippen LogP contribution in [-0.2, 0) is 0 Å². The number of rotatable bonds is 3. The summed E-state index contributed by atoms with van der Waals surface area (Å²) >= 11 is 6.87. The first kappa shape index (κ1) is 12.1. The van der Waals surface area contributed by atoms with Crippen molar-refractivity contribution >= 4 is 39.0 Å². The number of hydrogen-bond acceptors (Lipinski definition) is 4. The molecule has 0 bridgehead atoms. The minimum Gasteiger partial charge on any atom is -0.324 e. The summed E-state index contributed by atoms with van der Waals surface area (Å²) in [6.45, 7) is 1.98. The van der Waals surface area contributed by atoms with Crippen LogP contribution in [0.15, 0.2) is 43.5 Å². The Labute approximate surface area is 111 Å². The van der Waals surface area contributed by atoms with Crippen LogP contribution in [-0.4, -0.2) is 4.98 Å². The Hall–Kier alpha value is -0.360. The number of nitrogens with two attached hydrogens (primary N) is 1. The average Bonchev–Trinajstić information content (AvgIpc) is 2.73. The normalized spacial score (nSPS) is 12.7. The molecule has 0 saturated carbocycles. The van der Waals surface area contributed by atoms with Crippen molar-refractivity contribution in [3.05, 3.63) is 39.8 Å². The molecule has 2 N–H and O–H groups in total. The van der Waals surface area contributed by atoms with Crippen molar-refractivity contribution in [2.75, 3.05) is 0 Å². The lowest BCUT2D eigenvalue weighted by atomic mass is 10.1. The monoisotopic (exact) mass is 314 g/mol. The first-order valence-corrected chi connectivity index (χ1v) is 7.28. The fourth-order valence-electron chi connectivity index (χ4n) is 1.24. The minimum atomic E-state index is 0.0650. The number of halogens is 1. The lowest BCUT2D eigenvalue weighted by Crippen LogP contribution is -2.04. The molecule has 16 heavy (non-hydrogen) atoms. The summed E-state index contributed by atoms with van der Waals surface area (Å²) in [5, 5.41) is 1.98. The van der Waals surface area contributed by atoms with E-state index in [4.69, 9.17) is 5.73 Å². The molecule has 0 aliphatic carbocycles. The van der Waals surface area contributed by atoms with Gasteiger partial charge in [0.2, 0.25) is 0 Å². The van der Waals surface area contributed by atoms with Crippen LogP contribution in [0.3, 0.4) is 0 Å². The van der Waals surface area contributed by atoms with Crippen LogP contribution in [0.1, 0.15) is 18.5 Å². The highest BCUT2D eigenvalue weighted by Crippen LogP contribution is 2.35. The lowest BCUT2D eigenvalue weighted by molar-refractivity contribution is 0.815. The van der Waals surface area contributed by atoms with E-state index in [1.807, 2.05) is 18.5 Å².